The van der Waals surface area contributed by atoms with Crippen LogP contribution in [0.1, 0.15) is 24.0 Å². The fourth-order valence-electron chi connectivity index (χ4n) is 3.53. The second-order valence-corrected chi connectivity index (χ2v) is 7.32. The highest BCUT2D eigenvalue weighted by Crippen LogP contribution is 2.26. The number of nitrogens with zero attached hydrogens (tertiary/aromatic N) is 2. The van der Waals surface area contributed by atoms with Gasteiger partial charge >= 0.3 is 0 Å². The van der Waals surface area contributed by atoms with E-state index in [1.165, 1.54) is 5.56 Å². The molecule has 2 aromatic carbocycles. The Hall–Kier alpha value is -2.90. The second-order valence-electron chi connectivity index (χ2n) is 7.32. The van der Waals surface area contributed by atoms with Gasteiger partial charge in [-0.2, -0.15) is 5.10 Å². The van der Waals surface area contributed by atoms with Crippen LogP contribution in [0.5, 0.6) is 11.5 Å². The highest BCUT2D eigenvalue weighted by molar-refractivity contribution is 5.83. The summed E-state index contributed by atoms with van der Waals surface area (Å²) in [4.78, 5) is 14.5. The van der Waals surface area contributed by atoms with Gasteiger partial charge in [0.1, 0.15) is 0 Å². The molecule has 7 nitrogen and oxygen atoms in total. The molecule has 1 heterocycles. The molecule has 2 aromatic rings. The smallest absolute Gasteiger partial charge is 0.254 e. The molecule has 2 N–H and O–H groups in total. The van der Waals surface area contributed by atoms with E-state index in [-0.39, 0.29) is 12.5 Å². The van der Waals surface area contributed by atoms with Crippen LogP contribution in [0.15, 0.2) is 53.6 Å². The summed E-state index contributed by atoms with van der Waals surface area (Å²) < 4.78 is 10.5. The Morgan fingerprint density at radius 3 is 2.53 bits per heavy atom. The largest absolute Gasteiger partial charge is 0.493 e. The third-order valence-corrected chi connectivity index (χ3v) is 5.20. The topological polar surface area (TPSA) is 75.2 Å². The summed E-state index contributed by atoms with van der Waals surface area (Å²) >= 11 is 0. The number of likely N-dealkylation sites (tertiary alicyclic amines) is 1. The van der Waals surface area contributed by atoms with Gasteiger partial charge < -0.3 is 14.8 Å². The molecular weight excluding hydrogens is 380 g/mol. The van der Waals surface area contributed by atoms with Crippen molar-refractivity contribution >= 4 is 12.1 Å². The predicted octanol–water partition coefficient (Wildman–Crippen LogP) is 2.41. The molecule has 1 aliphatic heterocycles. The normalized spacial score (nSPS) is 15.3. The zero-order valence-corrected chi connectivity index (χ0v) is 17.6. The van der Waals surface area contributed by atoms with Crippen molar-refractivity contribution in [3.05, 3.63) is 59.7 Å². The van der Waals surface area contributed by atoms with E-state index in [2.05, 4.69) is 45.0 Å². The molecule has 0 bridgehead atoms. The van der Waals surface area contributed by atoms with Crippen molar-refractivity contribution in [1.82, 2.24) is 15.6 Å². The molecule has 3 rings (SSSR count). The van der Waals surface area contributed by atoms with Crippen LogP contribution < -0.4 is 20.2 Å². The van der Waals surface area contributed by atoms with Crippen LogP contribution in [0.3, 0.4) is 0 Å². The number of ether oxygens (including phenoxy) is 2. The number of carbonyl (C=O) groups is 1. The lowest BCUT2D eigenvalue weighted by molar-refractivity contribution is -0.120. The van der Waals surface area contributed by atoms with Crippen LogP contribution in [-0.4, -0.2) is 56.9 Å². The van der Waals surface area contributed by atoms with Crippen LogP contribution in [0.4, 0.5) is 0 Å². The summed E-state index contributed by atoms with van der Waals surface area (Å²) in [6, 6.07) is 16.3. The molecule has 1 fully saturated rings. The van der Waals surface area contributed by atoms with Gasteiger partial charge in [-0.05, 0) is 55.3 Å². The number of nitrogens with one attached hydrogen (secondary N) is 2. The number of hydrogen-bond donors (Lipinski definition) is 2. The maximum absolute atomic E-state index is 12.1. The van der Waals surface area contributed by atoms with Crippen molar-refractivity contribution < 1.29 is 14.3 Å². The van der Waals surface area contributed by atoms with Crippen molar-refractivity contribution in [2.45, 2.75) is 25.4 Å². The molecule has 160 valence electrons. The number of piperidine rings is 1. The van der Waals surface area contributed by atoms with Crippen LogP contribution in [0, 0.1) is 0 Å². The lowest BCUT2D eigenvalue weighted by atomic mass is 10.0. The number of carbonyl (C=O) groups excluding carboxylic acids is 1. The zero-order chi connectivity index (χ0) is 21.2. The summed E-state index contributed by atoms with van der Waals surface area (Å²) in [5.41, 5.74) is 4.72. The Kier molecular flexibility index (Phi) is 8.23. The highest BCUT2D eigenvalue weighted by Gasteiger charge is 2.19. The fraction of sp³-hybridized carbons (Fsp3) is 0.391. The van der Waals surface area contributed by atoms with E-state index < -0.39 is 0 Å². The Balaban J connectivity index is 1.36. The third kappa shape index (κ3) is 6.57. The maximum Gasteiger partial charge on any atom is 0.254 e. The van der Waals surface area contributed by atoms with Gasteiger partial charge in [0.2, 0.25) is 0 Å². The van der Waals surface area contributed by atoms with E-state index >= 15 is 0 Å². The minimum atomic E-state index is -0.154. The van der Waals surface area contributed by atoms with E-state index in [4.69, 9.17) is 9.47 Å². The lowest BCUT2D eigenvalue weighted by Crippen LogP contribution is -2.45. The van der Waals surface area contributed by atoms with E-state index in [0.717, 1.165) is 38.0 Å². The summed E-state index contributed by atoms with van der Waals surface area (Å²) in [7, 11) is 3.17. The quantitative estimate of drug-likeness (QED) is 0.491. The minimum Gasteiger partial charge on any atom is -0.493 e. The van der Waals surface area contributed by atoms with Crippen molar-refractivity contribution in [3.63, 3.8) is 0 Å². The zero-order valence-electron chi connectivity index (χ0n) is 17.6. The molecule has 0 aliphatic carbocycles. The molecule has 7 heteroatoms. The molecule has 0 spiro atoms. The monoisotopic (exact) mass is 410 g/mol. The number of rotatable bonds is 9. The van der Waals surface area contributed by atoms with E-state index in [1.807, 2.05) is 12.1 Å². The van der Waals surface area contributed by atoms with Crippen molar-refractivity contribution in [2.75, 3.05) is 33.9 Å². The molecule has 30 heavy (non-hydrogen) atoms. The summed E-state index contributed by atoms with van der Waals surface area (Å²) in [6.07, 6.45) is 3.66. The van der Waals surface area contributed by atoms with Crippen LogP contribution in [0.25, 0.3) is 0 Å². The van der Waals surface area contributed by atoms with E-state index in [1.54, 1.807) is 32.6 Å². The van der Waals surface area contributed by atoms with Gasteiger partial charge in [-0.15, -0.1) is 0 Å². The predicted molar refractivity (Wildman–Crippen MR) is 118 cm³/mol. The summed E-state index contributed by atoms with van der Waals surface area (Å²) in [5, 5.41) is 7.36. The standard InChI is InChI=1S/C23H30N4O3/c1-29-21-9-8-19(14-22(21)30-2)15-25-26-23(28)16-24-20-10-12-27(13-11-20)17-18-6-4-3-5-7-18/h3-9,14-15,20,24H,10-13,16-17H2,1-2H3,(H,26,28). The van der Waals surface area contributed by atoms with E-state index in [0.29, 0.717) is 17.5 Å². The first-order valence-corrected chi connectivity index (χ1v) is 10.2. The average molecular weight is 411 g/mol. The van der Waals surface area contributed by atoms with Crippen LogP contribution in [-0.2, 0) is 11.3 Å². The number of hydrogen-bond acceptors (Lipinski definition) is 6. The van der Waals surface area contributed by atoms with E-state index in [9.17, 15) is 4.79 Å². The SMILES string of the molecule is COc1ccc(C=NNC(=O)CNC2CCN(Cc3ccccc3)CC2)cc1OC. The van der Waals surface area contributed by atoms with Crippen LogP contribution >= 0.6 is 0 Å². The molecule has 0 aromatic heterocycles. The van der Waals surface area contributed by atoms with Gasteiger partial charge in [0, 0.05) is 12.6 Å². The molecule has 0 saturated carbocycles. The van der Waals surface area contributed by atoms with Crippen molar-refractivity contribution in [3.8, 4) is 11.5 Å². The number of benzene rings is 2. The first-order valence-electron chi connectivity index (χ1n) is 10.2. The summed E-state index contributed by atoms with van der Waals surface area (Å²) in [6.45, 7) is 3.31. The molecule has 1 aliphatic rings. The molecule has 1 amide bonds. The highest BCUT2D eigenvalue weighted by atomic mass is 16.5. The number of amides is 1. The molecule has 0 unspecified atom stereocenters. The van der Waals surface area contributed by atoms with Gasteiger partial charge in [0.15, 0.2) is 11.5 Å². The maximum atomic E-state index is 12.1. The lowest BCUT2D eigenvalue weighted by Gasteiger charge is -2.32. The number of methoxy groups -OCH3 is 2. The van der Waals surface area contributed by atoms with Gasteiger partial charge in [0.05, 0.1) is 27.0 Å². The van der Waals surface area contributed by atoms with Gasteiger partial charge in [-0.3, -0.25) is 9.69 Å². The van der Waals surface area contributed by atoms with Gasteiger partial charge in [0.25, 0.3) is 5.91 Å². The van der Waals surface area contributed by atoms with Gasteiger partial charge in [-0.25, -0.2) is 5.43 Å². The Morgan fingerprint density at radius 1 is 1.10 bits per heavy atom. The average Bonchev–Trinajstić information content (AvgIpc) is 2.79. The van der Waals surface area contributed by atoms with Gasteiger partial charge in [-0.1, -0.05) is 30.3 Å². The molecule has 0 atom stereocenters. The van der Waals surface area contributed by atoms with Crippen molar-refractivity contribution in [1.29, 1.82) is 0 Å². The molecule has 0 radical (unpaired) electrons. The van der Waals surface area contributed by atoms with Crippen LogP contribution in [0.2, 0.25) is 0 Å². The fourth-order valence-corrected chi connectivity index (χ4v) is 3.53. The summed E-state index contributed by atoms with van der Waals surface area (Å²) in [5.74, 6) is 1.11. The first kappa shape index (κ1) is 21.8. The Labute approximate surface area is 178 Å². The van der Waals surface area contributed by atoms with Crippen molar-refractivity contribution in [2.24, 2.45) is 5.10 Å². The second kappa shape index (κ2) is 11.3. The number of hydrazone groups is 1. The molecular formula is C23H30N4O3. The third-order valence-electron chi connectivity index (χ3n) is 5.20. The minimum absolute atomic E-state index is 0.154. The molecule has 1 saturated heterocycles. The Morgan fingerprint density at radius 2 is 1.83 bits per heavy atom. The Bertz CT molecular complexity index is 834. The first-order chi connectivity index (χ1) is 14.7.